The Balaban J connectivity index is 1.84. The number of aromatic nitrogens is 1. The monoisotopic (exact) mass is 260 g/mol. The van der Waals surface area contributed by atoms with Gasteiger partial charge < -0.3 is 5.32 Å². The Kier molecular flexibility index (Phi) is 3.28. The van der Waals surface area contributed by atoms with E-state index in [1.54, 1.807) is 0 Å². The van der Waals surface area contributed by atoms with Crippen LogP contribution in [0.2, 0.25) is 0 Å². The number of rotatable bonds is 2. The number of anilines is 1. The van der Waals surface area contributed by atoms with Crippen LogP contribution in [0.3, 0.4) is 0 Å². The Morgan fingerprint density at radius 2 is 2.06 bits per heavy atom. The number of fused-ring (bicyclic) bond motifs is 1. The maximum absolute atomic E-state index is 11.3. The van der Waals surface area contributed by atoms with Crippen LogP contribution in [0.5, 0.6) is 0 Å². The second-order valence-corrected chi connectivity index (χ2v) is 6.37. The van der Waals surface area contributed by atoms with Crippen LogP contribution in [0.4, 0.5) is 5.69 Å². The molecule has 1 saturated heterocycles. The average Bonchev–Trinajstić information content (AvgIpc) is 2.42. The SMILES string of the molecule is O=S1CCC(Nc2cccc3ccncc23)CC1. The van der Waals surface area contributed by atoms with Crippen molar-refractivity contribution in [1.82, 2.24) is 4.98 Å². The molecule has 0 atom stereocenters. The summed E-state index contributed by atoms with van der Waals surface area (Å²) in [5, 5.41) is 5.93. The van der Waals surface area contributed by atoms with E-state index in [1.165, 1.54) is 5.39 Å². The zero-order valence-corrected chi connectivity index (χ0v) is 11.0. The largest absolute Gasteiger partial charge is 0.382 e. The smallest absolute Gasteiger partial charge is 0.0437 e. The molecule has 0 bridgehead atoms. The quantitative estimate of drug-likeness (QED) is 0.902. The fraction of sp³-hybridized carbons (Fsp3) is 0.357. The zero-order chi connectivity index (χ0) is 12.4. The van der Waals surface area contributed by atoms with Gasteiger partial charge >= 0.3 is 0 Å². The van der Waals surface area contributed by atoms with E-state index in [2.05, 4.69) is 28.5 Å². The highest BCUT2D eigenvalue weighted by atomic mass is 32.2. The Bertz CT molecular complexity index is 570. The lowest BCUT2D eigenvalue weighted by Gasteiger charge is -2.24. The van der Waals surface area contributed by atoms with Gasteiger partial charge in [-0.1, -0.05) is 12.1 Å². The second-order valence-electron chi connectivity index (χ2n) is 4.67. The minimum Gasteiger partial charge on any atom is -0.382 e. The Labute approximate surface area is 109 Å². The average molecular weight is 260 g/mol. The summed E-state index contributed by atoms with van der Waals surface area (Å²) in [7, 11) is -0.598. The summed E-state index contributed by atoms with van der Waals surface area (Å²) in [6, 6.07) is 8.71. The van der Waals surface area contributed by atoms with Crippen molar-refractivity contribution in [2.24, 2.45) is 0 Å². The van der Waals surface area contributed by atoms with Gasteiger partial charge in [0.05, 0.1) is 0 Å². The first-order valence-corrected chi connectivity index (χ1v) is 7.76. The number of nitrogens with one attached hydrogen (secondary N) is 1. The molecule has 2 heterocycles. The van der Waals surface area contributed by atoms with Crippen LogP contribution in [-0.4, -0.2) is 26.7 Å². The van der Waals surface area contributed by atoms with E-state index in [0.717, 1.165) is 35.4 Å². The van der Waals surface area contributed by atoms with Crippen LogP contribution in [0, 0.1) is 0 Å². The van der Waals surface area contributed by atoms with Crippen molar-refractivity contribution in [2.75, 3.05) is 16.8 Å². The van der Waals surface area contributed by atoms with E-state index in [4.69, 9.17) is 0 Å². The molecule has 1 N–H and O–H groups in total. The van der Waals surface area contributed by atoms with E-state index >= 15 is 0 Å². The molecule has 1 aromatic heterocycles. The van der Waals surface area contributed by atoms with E-state index < -0.39 is 10.8 Å². The molecule has 4 heteroatoms. The zero-order valence-electron chi connectivity index (χ0n) is 10.1. The third-order valence-electron chi connectivity index (χ3n) is 3.43. The standard InChI is InChI=1S/C14H16N2OS/c17-18-8-5-12(6-9-18)16-14-3-1-2-11-4-7-15-10-13(11)14/h1-4,7,10,12,16H,5-6,8-9H2. The third kappa shape index (κ3) is 2.38. The molecular weight excluding hydrogens is 244 g/mol. The number of nitrogens with zero attached hydrogens (tertiary/aromatic N) is 1. The minimum atomic E-state index is -0.598. The molecule has 0 radical (unpaired) electrons. The molecular formula is C14H16N2OS. The number of benzene rings is 1. The first-order chi connectivity index (χ1) is 8.83. The number of hydrogen-bond donors (Lipinski definition) is 1. The van der Waals surface area contributed by atoms with Crippen LogP contribution < -0.4 is 5.32 Å². The lowest BCUT2D eigenvalue weighted by Crippen LogP contribution is -2.29. The van der Waals surface area contributed by atoms with Crippen LogP contribution in [-0.2, 0) is 10.8 Å². The molecule has 1 fully saturated rings. The molecule has 3 rings (SSSR count). The van der Waals surface area contributed by atoms with Gasteiger partial charge in [0.2, 0.25) is 0 Å². The highest BCUT2D eigenvalue weighted by Crippen LogP contribution is 2.24. The molecule has 0 unspecified atom stereocenters. The lowest BCUT2D eigenvalue weighted by molar-refractivity contribution is 0.624. The summed E-state index contributed by atoms with van der Waals surface area (Å²) < 4.78 is 11.3. The predicted octanol–water partition coefficient (Wildman–Crippen LogP) is 2.56. The molecule has 1 aromatic carbocycles. The first-order valence-electron chi connectivity index (χ1n) is 6.27. The lowest BCUT2D eigenvalue weighted by atomic mass is 10.1. The minimum absolute atomic E-state index is 0.438. The van der Waals surface area contributed by atoms with Crippen molar-refractivity contribution in [3.8, 4) is 0 Å². The van der Waals surface area contributed by atoms with Gasteiger partial charge in [0.15, 0.2) is 0 Å². The van der Waals surface area contributed by atoms with Crippen molar-refractivity contribution in [3.05, 3.63) is 36.7 Å². The van der Waals surface area contributed by atoms with Gasteiger partial charge in [0, 0.05) is 51.8 Å². The fourth-order valence-corrected chi connectivity index (χ4v) is 3.70. The number of pyridine rings is 1. The van der Waals surface area contributed by atoms with Crippen molar-refractivity contribution in [1.29, 1.82) is 0 Å². The molecule has 1 aliphatic rings. The van der Waals surface area contributed by atoms with Gasteiger partial charge in [-0.05, 0) is 30.4 Å². The summed E-state index contributed by atoms with van der Waals surface area (Å²) in [6.07, 6.45) is 5.70. The summed E-state index contributed by atoms with van der Waals surface area (Å²) in [4.78, 5) is 4.19. The van der Waals surface area contributed by atoms with Gasteiger partial charge in [-0.3, -0.25) is 9.19 Å². The molecule has 3 nitrogen and oxygen atoms in total. The highest BCUT2D eigenvalue weighted by molar-refractivity contribution is 7.85. The van der Waals surface area contributed by atoms with Crippen LogP contribution in [0.1, 0.15) is 12.8 Å². The second kappa shape index (κ2) is 5.06. The summed E-state index contributed by atoms with van der Waals surface area (Å²) >= 11 is 0. The molecule has 0 amide bonds. The predicted molar refractivity (Wildman–Crippen MR) is 76.3 cm³/mol. The van der Waals surface area contributed by atoms with Gasteiger partial charge in [0.1, 0.15) is 0 Å². The van der Waals surface area contributed by atoms with E-state index in [9.17, 15) is 4.21 Å². The normalized spacial score (nSPS) is 24.0. The number of hydrogen-bond acceptors (Lipinski definition) is 3. The van der Waals surface area contributed by atoms with Gasteiger partial charge in [-0.2, -0.15) is 0 Å². The summed E-state index contributed by atoms with van der Waals surface area (Å²) in [5.74, 6) is 1.64. The van der Waals surface area contributed by atoms with Gasteiger partial charge in [0.25, 0.3) is 0 Å². The molecule has 2 aromatic rings. The fourth-order valence-electron chi connectivity index (χ4n) is 2.40. The molecule has 0 aliphatic carbocycles. The Morgan fingerprint density at radius 1 is 1.22 bits per heavy atom. The van der Waals surface area contributed by atoms with E-state index in [0.29, 0.717) is 6.04 Å². The van der Waals surface area contributed by atoms with Crippen molar-refractivity contribution in [2.45, 2.75) is 18.9 Å². The Hall–Kier alpha value is -1.42. The third-order valence-corrected chi connectivity index (χ3v) is 4.81. The molecule has 1 aliphatic heterocycles. The van der Waals surface area contributed by atoms with Crippen molar-refractivity contribution in [3.63, 3.8) is 0 Å². The van der Waals surface area contributed by atoms with Crippen LogP contribution in [0.25, 0.3) is 10.8 Å². The topological polar surface area (TPSA) is 42.0 Å². The molecule has 0 saturated carbocycles. The van der Waals surface area contributed by atoms with Crippen LogP contribution in [0.15, 0.2) is 36.7 Å². The Morgan fingerprint density at radius 3 is 2.89 bits per heavy atom. The van der Waals surface area contributed by atoms with Crippen LogP contribution >= 0.6 is 0 Å². The maximum atomic E-state index is 11.3. The van der Waals surface area contributed by atoms with Crippen molar-refractivity contribution < 1.29 is 4.21 Å². The van der Waals surface area contributed by atoms with Crippen molar-refractivity contribution >= 4 is 27.3 Å². The highest BCUT2D eigenvalue weighted by Gasteiger charge is 2.17. The van der Waals surface area contributed by atoms with Gasteiger partial charge in [-0.25, -0.2) is 0 Å². The first kappa shape index (κ1) is 11.7. The van der Waals surface area contributed by atoms with E-state index in [-0.39, 0.29) is 0 Å². The maximum Gasteiger partial charge on any atom is 0.0437 e. The van der Waals surface area contributed by atoms with E-state index in [1.807, 2.05) is 18.5 Å². The summed E-state index contributed by atoms with van der Waals surface area (Å²) in [6.45, 7) is 0. The molecule has 94 valence electrons. The molecule has 0 spiro atoms. The molecule has 18 heavy (non-hydrogen) atoms. The summed E-state index contributed by atoms with van der Waals surface area (Å²) in [5.41, 5.74) is 1.14. The van der Waals surface area contributed by atoms with Gasteiger partial charge in [-0.15, -0.1) is 0 Å².